The number of carbonyl (C=O) groups is 1. The van der Waals surface area contributed by atoms with Crippen LogP contribution in [-0.2, 0) is 4.79 Å². The molecule has 0 bridgehead atoms. The van der Waals surface area contributed by atoms with E-state index in [-0.39, 0.29) is 12.1 Å². The van der Waals surface area contributed by atoms with Crippen LogP contribution in [0.25, 0.3) is 0 Å². The highest BCUT2D eigenvalue weighted by atomic mass is 79.9. The van der Waals surface area contributed by atoms with Crippen LogP contribution in [0.1, 0.15) is 12.8 Å². The second kappa shape index (κ2) is 6.14. The van der Waals surface area contributed by atoms with Gasteiger partial charge >= 0.3 is 11.7 Å². The van der Waals surface area contributed by atoms with Crippen molar-refractivity contribution in [1.82, 2.24) is 4.98 Å². The molecule has 2 N–H and O–H groups in total. The number of nitrogens with one attached hydrogen (secondary N) is 1. The Morgan fingerprint density at radius 3 is 2.88 bits per heavy atom. The lowest BCUT2D eigenvalue weighted by Gasteiger charge is -2.07. The normalized spacial score (nSPS) is 9.94. The first kappa shape index (κ1) is 13.4. The molecular weight excluding hydrogens is 294 g/mol. The summed E-state index contributed by atoms with van der Waals surface area (Å²) in [6.45, 7) is 0.343. The maximum Gasteiger partial charge on any atom is 0.311 e. The molecule has 0 aliphatic rings. The molecule has 0 atom stereocenters. The van der Waals surface area contributed by atoms with Gasteiger partial charge in [-0.1, -0.05) is 0 Å². The van der Waals surface area contributed by atoms with Crippen LogP contribution < -0.4 is 5.32 Å². The molecular formula is C9H10BrN3O4. The maximum absolute atomic E-state index is 10.7. The van der Waals surface area contributed by atoms with E-state index in [1.165, 1.54) is 6.20 Å². The fourth-order valence-corrected chi connectivity index (χ4v) is 1.65. The summed E-state index contributed by atoms with van der Waals surface area (Å²) in [5, 5.41) is 22.0. The number of carboxylic acid groups (broad SMARTS) is 1. The van der Waals surface area contributed by atoms with Crippen molar-refractivity contribution in [1.29, 1.82) is 0 Å². The minimum atomic E-state index is -0.893. The van der Waals surface area contributed by atoms with Crippen LogP contribution >= 0.6 is 15.9 Å². The number of aliphatic carboxylic acids is 1. The van der Waals surface area contributed by atoms with E-state index in [0.717, 1.165) is 6.20 Å². The lowest BCUT2D eigenvalue weighted by atomic mass is 10.3. The first-order chi connectivity index (χ1) is 8.02. The third-order valence-corrected chi connectivity index (χ3v) is 2.55. The van der Waals surface area contributed by atoms with Crippen molar-refractivity contribution in [3.63, 3.8) is 0 Å². The highest BCUT2D eigenvalue weighted by molar-refractivity contribution is 9.10. The number of halogens is 1. The highest BCUT2D eigenvalue weighted by Gasteiger charge is 2.16. The van der Waals surface area contributed by atoms with Crippen LogP contribution in [0.3, 0.4) is 0 Å². The average Bonchev–Trinajstić information content (AvgIpc) is 2.25. The van der Waals surface area contributed by atoms with Crippen molar-refractivity contribution in [2.45, 2.75) is 12.8 Å². The molecule has 8 heteroatoms. The molecule has 7 nitrogen and oxygen atoms in total. The fourth-order valence-electron chi connectivity index (χ4n) is 1.19. The van der Waals surface area contributed by atoms with Crippen molar-refractivity contribution in [3.05, 3.63) is 27.0 Å². The molecule has 0 aromatic carbocycles. The summed E-state index contributed by atoms with van der Waals surface area (Å²) in [7, 11) is 0. The number of nitro groups is 1. The number of hydrogen-bond donors (Lipinski definition) is 2. The van der Waals surface area contributed by atoms with Crippen LogP contribution in [0, 0.1) is 10.1 Å². The molecule has 0 amide bonds. The van der Waals surface area contributed by atoms with Gasteiger partial charge in [0.15, 0.2) is 0 Å². The average molecular weight is 304 g/mol. The van der Waals surface area contributed by atoms with Crippen LogP contribution in [0.5, 0.6) is 0 Å². The summed E-state index contributed by atoms with van der Waals surface area (Å²) in [5.74, 6) is -0.893. The fraction of sp³-hybridized carbons (Fsp3) is 0.333. The van der Waals surface area contributed by atoms with Crippen molar-refractivity contribution in [3.8, 4) is 0 Å². The molecule has 0 unspecified atom stereocenters. The van der Waals surface area contributed by atoms with Crippen LogP contribution in [-0.4, -0.2) is 27.5 Å². The molecule has 1 aromatic heterocycles. The monoisotopic (exact) mass is 303 g/mol. The summed E-state index contributed by atoms with van der Waals surface area (Å²) in [6, 6.07) is 0. The number of carboxylic acids is 1. The summed E-state index contributed by atoms with van der Waals surface area (Å²) in [4.78, 5) is 24.2. The highest BCUT2D eigenvalue weighted by Crippen LogP contribution is 2.30. The molecule has 0 saturated carbocycles. The first-order valence-electron chi connectivity index (χ1n) is 4.76. The van der Waals surface area contributed by atoms with Crippen molar-refractivity contribution in [2.24, 2.45) is 0 Å². The van der Waals surface area contributed by atoms with Crippen LogP contribution in [0.2, 0.25) is 0 Å². The smallest absolute Gasteiger partial charge is 0.311 e. The Morgan fingerprint density at radius 1 is 1.59 bits per heavy atom. The molecule has 0 radical (unpaired) electrons. The Labute approximate surface area is 105 Å². The van der Waals surface area contributed by atoms with Gasteiger partial charge in [0, 0.05) is 19.2 Å². The van der Waals surface area contributed by atoms with Gasteiger partial charge in [-0.15, -0.1) is 0 Å². The number of pyridine rings is 1. The van der Waals surface area contributed by atoms with E-state index in [1.54, 1.807) is 0 Å². The van der Waals surface area contributed by atoms with Crippen molar-refractivity contribution < 1.29 is 14.8 Å². The summed E-state index contributed by atoms with van der Waals surface area (Å²) >= 11 is 3.15. The Hall–Kier alpha value is -1.70. The Balaban J connectivity index is 2.69. The van der Waals surface area contributed by atoms with Gasteiger partial charge in [0.25, 0.3) is 0 Å². The van der Waals surface area contributed by atoms with Gasteiger partial charge in [-0.2, -0.15) is 0 Å². The van der Waals surface area contributed by atoms with Gasteiger partial charge in [-0.05, 0) is 22.4 Å². The quantitative estimate of drug-likeness (QED) is 0.473. The van der Waals surface area contributed by atoms with Gasteiger partial charge in [-0.25, -0.2) is 0 Å². The summed E-state index contributed by atoms with van der Waals surface area (Å²) in [5.41, 5.74) is 0.171. The molecule has 0 spiro atoms. The van der Waals surface area contributed by atoms with E-state index < -0.39 is 10.9 Å². The van der Waals surface area contributed by atoms with E-state index in [0.29, 0.717) is 23.1 Å². The predicted octanol–water partition coefficient (Wildman–Crippen LogP) is 2.03. The van der Waals surface area contributed by atoms with Crippen LogP contribution in [0.4, 0.5) is 11.4 Å². The summed E-state index contributed by atoms with van der Waals surface area (Å²) in [6.07, 6.45) is 2.99. The Kier molecular flexibility index (Phi) is 4.83. The molecule has 1 heterocycles. The zero-order valence-corrected chi connectivity index (χ0v) is 10.3. The SMILES string of the molecule is O=C(O)CCCNc1c(Br)cncc1[N+](=O)[O-]. The zero-order valence-electron chi connectivity index (χ0n) is 8.72. The molecule has 17 heavy (non-hydrogen) atoms. The molecule has 0 fully saturated rings. The second-order valence-electron chi connectivity index (χ2n) is 3.20. The number of nitrogens with zero attached hydrogens (tertiary/aromatic N) is 2. The van der Waals surface area contributed by atoms with Gasteiger partial charge in [0.05, 0.1) is 9.40 Å². The Morgan fingerprint density at radius 2 is 2.29 bits per heavy atom. The van der Waals surface area contributed by atoms with Crippen molar-refractivity contribution >= 4 is 33.3 Å². The minimum Gasteiger partial charge on any atom is -0.481 e. The molecule has 92 valence electrons. The summed E-state index contributed by atoms with van der Waals surface area (Å²) < 4.78 is 0.474. The van der Waals surface area contributed by atoms with Gasteiger partial charge in [-0.3, -0.25) is 19.9 Å². The van der Waals surface area contributed by atoms with Crippen molar-refractivity contribution in [2.75, 3.05) is 11.9 Å². The molecule has 1 aromatic rings. The molecule has 1 rings (SSSR count). The molecule has 0 aliphatic carbocycles. The number of anilines is 1. The third kappa shape index (κ3) is 3.99. The van der Waals surface area contributed by atoms with Crippen LogP contribution in [0.15, 0.2) is 16.9 Å². The van der Waals surface area contributed by atoms with E-state index >= 15 is 0 Å². The standard InChI is InChI=1S/C9H10BrN3O4/c10-6-4-11-5-7(13(16)17)9(6)12-3-1-2-8(14)15/h4-5H,1-3H2,(H,11,12)(H,14,15). The lowest BCUT2D eigenvalue weighted by Crippen LogP contribution is -2.07. The molecule has 0 saturated heterocycles. The van der Waals surface area contributed by atoms with E-state index in [2.05, 4.69) is 26.2 Å². The largest absolute Gasteiger partial charge is 0.481 e. The van der Waals surface area contributed by atoms with Gasteiger partial charge in [0.1, 0.15) is 11.9 Å². The van der Waals surface area contributed by atoms with E-state index in [9.17, 15) is 14.9 Å². The Bertz CT molecular complexity index is 438. The number of rotatable bonds is 6. The molecule has 0 aliphatic heterocycles. The predicted molar refractivity (Wildman–Crippen MR) is 64.0 cm³/mol. The topological polar surface area (TPSA) is 105 Å². The minimum absolute atomic E-state index is 0.0174. The number of aromatic nitrogens is 1. The first-order valence-corrected chi connectivity index (χ1v) is 5.55. The van der Waals surface area contributed by atoms with E-state index in [4.69, 9.17) is 5.11 Å². The van der Waals surface area contributed by atoms with Gasteiger partial charge in [0.2, 0.25) is 0 Å². The van der Waals surface area contributed by atoms with E-state index in [1.807, 2.05) is 0 Å². The lowest BCUT2D eigenvalue weighted by molar-refractivity contribution is -0.384. The third-order valence-electron chi connectivity index (χ3n) is 1.95. The van der Waals surface area contributed by atoms with Gasteiger partial charge < -0.3 is 10.4 Å². The number of hydrogen-bond acceptors (Lipinski definition) is 5. The maximum atomic E-state index is 10.7. The zero-order chi connectivity index (χ0) is 12.8. The second-order valence-corrected chi connectivity index (χ2v) is 4.05.